The molecule has 0 aromatic heterocycles. The van der Waals surface area contributed by atoms with Gasteiger partial charge in [-0.15, -0.1) is 11.8 Å². The first-order valence-corrected chi connectivity index (χ1v) is 7.31. The number of rotatable bonds is 4. The number of ether oxygens (including phenoxy) is 2. The van der Waals surface area contributed by atoms with Crippen LogP contribution in [0.25, 0.3) is 0 Å². The van der Waals surface area contributed by atoms with Crippen LogP contribution < -0.4 is 14.8 Å². The summed E-state index contributed by atoms with van der Waals surface area (Å²) in [5, 5.41) is 3.48. The van der Waals surface area contributed by atoms with Crippen molar-refractivity contribution in [3.63, 3.8) is 0 Å². The summed E-state index contributed by atoms with van der Waals surface area (Å²) >= 11 is 1.84. The summed E-state index contributed by atoms with van der Waals surface area (Å²) in [4.78, 5) is 1.23. The molecule has 18 heavy (non-hydrogen) atoms. The van der Waals surface area contributed by atoms with Crippen LogP contribution in [0.3, 0.4) is 0 Å². The van der Waals surface area contributed by atoms with Crippen LogP contribution in [0.15, 0.2) is 23.1 Å². The molecule has 1 aliphatic heterocycles. The second-order valence-corrected chi connectivity index (χ2v) is 6.50. The first-order chi connectivity index (χ1) is 8.54. The lowest BCUT2D eigenvalue weighted by Gasteiger charge is -2.20. The molecular formula is C14H21NO2S. The average Bonchev–Trinajstić information content (AvgIpc) is 2.33. The molecule has 0 radical (unpaired) electrons. The molecule has 0 amide bonds. The third kappa shape index (κ3) is 4.10. The number of hydrogen-bond acceptors (Lipinski definition) is 4. The number of nitrogens with one attached hydrogen (secondary N) is 1. The van der Waals surface area contributed by atoms with Gasteiger partial charge in [-0.1, -0.05) is 0 Å². The highest BCUT2D eigenvalue weighted by Crippen LogP contribution is 2.33. The number of benzene rings is 1. The Bertz CT molecular complexity index is 401. The molecule has 1 heterocycles. The Morgan fingerprint density at radius 2 is 1.89 bits per heavy atom. The zero-order valence-corrected chi connectivity index (χ0v) is 12.1. The van der Waals surface area contributed by atoms with Gasteiger partial charge in [-0.2, -0.15) is 0 Å². The molecule has 0 fully saturated rings. The van der Waals surface area contributed by atoms with Gasteiger partial charge in [0.25, 0.3) is 0 Å². The predicted molar refractivity (Wildman–Crippen MR) is 75.9 cm³/mol. The molecule has 0 saturated heterocycles. The van der Waals surface area contributed by atoms with Crippen LogP contribution in [0, 0.1) is 0 Å². The smallest absolute Gasteiger partial charge is 0.162 e. The third-order valence-electron chi connectivity index (χ3n) is 2.54. The molecule has 1 N–H and O–H groups in total. The van der Waals surface area contributed by atoms with Gasteiger partial charge in [-0.25, -0.2) is 0 Å². The van der Waals surface area contributed by atoms with E-state index in [1.807, 2.05) is 17.8 Å². The number of fused-ring (bicyclic) bond motifs is 1. The summed E-state index contributed by atoms with van der Waals surface area (Å²) in [7, 11) is 0. The SMILES string of the molecule is CC(C)(C)NCCSc1ccc2c(c1)OCCO2. The topological polar surface area (TPSA) is 30.5 Å². The van der Waals surface area contributed by atoms with Crippen LogP contribution in [0.4, 0.5) is 0 Å². The fourth-order valence-corrected chi connectivity index (χ4v) is 2.50. The van der Waals surface area contributed by atoms with Crippen LogP contribution in [-0.2, 0) is 0 Å². The summed E-state index contributed by atoms with van der Waals surface area (Å²) in [5.41, 5.74) is 0.188. The summed E-state index contributed by atoms with van der Waals surface area (Å²) in [5.74, 6) is 2.78. The molecule has 0 aliphatic carbocycles. The van der Waals surface area contributed by atoms with Gasteiger partial charge < -0.3 is 14.8 Å². The summed E-state index contributed by atoms with van der Waals surface area (Å²) in [6.45, 7) is 8.84. The highest BCUT2D eigenvalue weighted by atomic mass is 32.2. The van der Waals surface area contributed by atoms with Gasteiger partial charge in [0.1, 0.15) is 13.2 Å². The predicted octanol–water partition coefficient (Wildman–Crippen LogP) is 2.94. The molecule has 0 atom stereocenters. The molecule has 1 aromatic carbocycles. The van der Waals surface area contributed by atoms with Crippen LogP contribution >= 0.6 is 11.8 Å². The fourth-order valence-electron chi connectivity index (χ4n) is 1.71. The minimum Gasteiger partial charge on any atom is -0.486 e. The Kier molecular flexibility index (Phi) is 4.40. The Hall–Kier alpha value is -0.870. The van der Waals surface area contributed by atoms with E-state index in [0.29, 0.717) is 13.2 Å². The molecule has 4 heteroatoms. The van der Waals surface area contributed by atoms with Crippen molar-refractivity contribution < 1.29 is 9.47 Å². The van der Waals surface area contributed by atoms with E-state index in [9.17, 15) is 0 Å². The van der Waals surface area contributed by atoms with E-state index in [-0.39, 0.29) is 5.54 Å². The summed E-state index contributed by atoms with van der Waals surface area (Å²) in [6.07, 6.45) is 0. The van der Waals surface area contributed by atoms with Crippen molar-refractivity contribution in [1.29, 1.82) is 0 Å². The van der Waals surface area contributed by atoms with Crippen molar-refractivity contribution in [2.24, 2.45) is 0 Å². The first kappa shape index (κ1) is 13.6. The van der Waals surface area contributed by atoms with E-state index >= 15 is 0 Å². The van der Waals surface area contributed by atoms with Crippen LogP contribution in [-0.4, -0.2) is 31.1 Å². The number of hydrogen-bond donors (Lipinski definition) is 1. The van der Waals surface area contributed by atoms with Crippen LogP contribution in [0.1, 0.15) is 20.8 Å². The van der Waals surface area contributed by atoms with Crippen molar-refractivity contribution in [1.82, 2.24) is 5.32 Å². The molecule has 100 valence electrons. The van der Waals surface area contributed by atoms with Gasteiger partial charge in [0.05, 0.1) is 0 Å². The quantitative estimate of drug-likeness (QED) is 0.671. The van der Waals surface area contributed by atoms with Gasteiger partial charge in [0.15, 0.2) is 11.5 Å². The Morgan fingerprint density at radius 1 is 1.17 bits per heavy atom. The molecule has 3 nitrogen and oxygen atoms in total. The van der Waals surface area contributed by atoms with E-state index in [4.69, 9.17) is 9.47 Å². The van der Waals surface area contributed by atoms with E-state index in [0.717, 1.165) is 23.8 Å². The zero-order valence-electron chi connectivity index (χ0n) is 11.3. The third-order valence-corrected chi connectivity index (χ3v) is 3.54. The maximum absolute atomic E-state index is 5.57. The lowest BCUT2D eigenvalue weighted by Crippen LogP contribution is -2.37. The van der Waals surface area contributed by atoms with Crippen molar-refractivity contribution >= 4 is 11.8 Å². The highest BCUT2D eigenvalue weighted by Gasteiger charge is 2.12. The van der Waals surface area contributed by atoms with Gasteiger partial charge in [0, 0.05) is 22.7 Å². The Labute approximate surface area is 113 Å². The lowest BCUT2D eigenvalue weighted by molar-refractivity contribution is 0.171. The molecular weight excluding hydrogens is 246 g/mol. The van der Waals surface area contributed by atoms with Crippen LogP contribution in [0.2, 0.25) is 0 Å². The van der Waals surface area contributed by atoms with Crippen LogP contribution in [0.5, 0.6) is 11.5 Å². The Balaban J connectivity index is 1.83. The monoisotopic (exact) mass is 267 g/mol. The minimum absolute atomic E-state index is 0.188. The summed E-state index contributed by atoms with van der Waals surface area (Å²) < 4.78 is 11.1. The van der Waals surface area contributed by atoms with Gasteiger partial charge in [-0.3, -0.25) is 0 Å². The van der Waals surface area contributed by atoms with Crippen molar-refractivity contribution in [2.75, 3.05) is 25.5 Å². The second kappa shape index (κ2) is 5.85. The molecule has 0 unspecified atom stereocenters. The van der Waals surface area contributed by atoms with Gasteiger partial charge in [0.2, 0.25) is 0 Å². The average molecular weight is 267 g/mol. The molecule has 1 aliphatic rings. The minimum atomic E-state index is 0.188. The molecule has 0 bridgehead atoms. The molecule has 1 aromatic rings. The standard InChI is InChI=1S/C14H21NO2S/c1-14(2,3)15-6-9-18-11-4-5-12-13(10-11)17-8-7-16-12/h4-5,10,15H,6-9H2,1-3H3. The molecule has 0 spiro atoms. The van der Waals surface area contributed by atoms with Crippen molar-refractivity contribution in [3.8, 4) is 11.5 Å². The van der Waals surface area contributed by atoms with E-state index in [2.05, 4.69) is 38.2 Å². The van der Waals surface area contributed by atoms with E-state index in [1.165, 1.54) is 4.90 Å². The lowest BCUT2D eigenvalue weighted by atomic mass is 10.1. The highest BCUT2D eigenvalue weighted by molar-refractivity contribution is 7.99. The maximum Gasteiger partial charge on any atom is 0.162 e. The molecule has 0 saturated carbocycles. The largest absolute Gasteiger partial charge is 0.486 e. The second-order valence-electron chi connectivity index (χ2n) is 5.33. The number of thioether (sulfide) groups is 1. The zero-order chi connectivity index (χ0) is 13.0. The summed E-state index contributed by atoms with van der Waals surface area (Å²) in [6, 6.07) is 6.15. The first-order valence-electron chi connectivity index (χ1n) is 6.32. The fraction of sp³-hybridized carbons (Fsp3) is 0.571. The van der Waals surface area contributed by atoms with Crippen molar-refractivity contribution in [3.05, 3.63) is 18.2 Å². The van der Waals surface area contributed by atoms with E-state index in [1.54, 1.807) is 0 Å². The maximum atomic E-state index is 5.57. The van der Waals surface area contributed by atoms with Gasteiger partial charge >= 0.3 is 0 Å². The van der Waals surface area contributed by atoms with Gasteiger partial charge in [-0.05, 0) is 39.0 Å². The normalized spacial score (nSPS) is 14.6. The van der Waals surface area contributed by atoms with Crippen molar-refractivity contribution in [2.45, 2.75) is 31.2 Å². The molecule has 2 rings (SSSR count). The van der Waals surface area contributed by atoms with E-state index < -0.39 is 0 Å². The Morgan fingerprint density at radius 3 is 2.61 bits per heavy atom.